The topological polar surface area (TPSA) is 100 Å². The Morgan fingerprint density at radius 1 is 1.62 bits per heavy atom. The van der Waals surface area contributed by atoms with Crippen molar-refractivity contribution in [2.24, 2.45) is 0 Å². The van der Waals surface area contributed by atoms with E-state index < -0.39 is 11.5 Å². The van der Waals surface area contributed by atoms with E-state index >= 15 is 0 Å². The maximum Gasteiger partial charge on any atom is 0.360 e. The number of carboxylic acids is 1. The van der Waals surface area contributed by atoms with Crippen LogP contribution >= 0.6 is 0 Å². The number of nitrogens with zero attached hydrogens (tertiary/aromatic N) is 3. The number of carboxylic acid groups (broad SMARTS) is 1. The van der Waals surface area contributed by atoms with Crippen LogP contribution < -0.4 is 5.56 Å². The van der Waals surface area contributed by atoms with Crippen LogP contribution in [0.2, 0.25) is 0 Å². The number of fused-ring (bicyclic) bond motifs is 1. The molecule has 0 atom stereocenters. The average Bonchev–Trinajstić information content (AvgIpc) is 2.46. The summed E-state index contributed by atoms with van der Waals surface area (Å²) in [5.74, 6) is -1.23. The van der Waals surface area contributed by atoms with Gasteiger partial charge in [-0.15, -0.1) is 5.10 Å². The van der Waals surface area contributed by atoms with Gasteiger partial charge in [-0.1, -0.05) is 0 Å². The zero-order valence-corrected chi connectivity index (χ0v) is 6.26. The Labute approximate surface area is 70.6 Å². The predicted molar refractivity (Wildman–Crippen MR) is 40.6 cm³/mol. The molecular formula is C6H4N4O3. The highest BCUT2D eigenvalue weighted by Gasteiger charge is 2.13. The van der Waals surface area contributed by atoms with Gasteiger partial charge in [-0.3, -0.25) is 4.79 Å². The monoisotopic (exact) mass is 180 g/mol. The summed E-state index contributed by atoms with van der Waals surface area (Å²) in [4.78, 5) is 24.8. The van der Waals surface area contributed by atoms with E-state index in [0.29, 0.717) is 0 Å². The fraction of sp³-hybridized carbons (Fsp3) is 0. The van der Waals surface area contributed by atoms with Crippen molar-refractivity contribution in [2.45, 2.75) is 0 Å². The number of nitrogens with one attached hydrogen (secondary N) is 1. The Balaban J connectivity index is 2.86. The van der Waals surface area contributed by atoms with Crippen molar-refractivity contribution in [1.29, 1.82) is 0 Å². The summed E-state index contributed by atoms with van der Waals surface area (Å²) >= 11 is 0. The number of aromatic nitrogens is 4. The predicted octanol–water partition coefficient (Wildman–Crippen LogP) is -0.884. The Bertz CT molecular complexity index is 526. The van der Waals surface area contributed by atoms with Gasteiger partial charge < -0.3 is 5.11 Å². The molecule has 0 aliphatic rings. The molecule has 13 heavy (non-hydrogen) atoms. The first-order valence-electron chi connectivity index (χ1n) is 3.35. The second-order valence-electron chi connectivity index (χ2n) is 2.32. The zero-order chi connectivity index (χ0) is 9.42. The van der Waals surface area contributed by atoms with E-state index in [-0.39, 0.29) is 11.3 Å². The van der Waals surface area contributed by atoms with Gasteiger partial charge in [0.1, 0.15) is 0 Å². The van der Waals surface area contributed by atoms with Crippen LogP contribution in [0.5, 0.6) is 0 Å². The van der Waals surface area contributed by atoms with E-state index in [9.17, 15) is 9.59 Å². The van der Waals surface area contributed by atoms with Crippen LogP contribution in [0.1, 0.15) is 10.5 Å². The molecule has 2 aromatic rings. The van der Waals surface area contributed by atoms with Crippen molar-refractivity contribution in [2.75, 3.05) is 0 Å². The Morgan fingerprint density at radius 2 is 2.38 bits per heavy atom. The lowest BCUT2D eigenvalue weighted by atomic mass is 10.4. The summed E-state index contributed by atoms with van der Waals surface area (Å²) in [6, 6.07) is 1.21. The molecule has 7 nitrogen and oxygen atoms in total. The van der Waals surface area contributed by atoms with Crippen molar-refractivity contribution < 1.29 is 9.90 Å². The van der Waals surface area contributed by atoms with Crippen molar-refractivity contribution in [3.8, 4) is 0 Å². The van der Waals surface area contributed by atoms with Crippen molar-refractivity contribution in [3.63, 3.8) is 0 Å². The standard InChI is InChI=1S/C6H4N4O3/c11-3-1-2-10-5(7-3)4(6(12)13)8-9-10/h1-2,9H,(H,12,13). The third kappa shape index (κ3) is 1.06. The van der Waals surface area contributed by atoms with Crippen LogP contribution in [-0.4, -0.2) is 30.9 Å². The van der Waals surface area contributed by atoms with Crippen LogP contribution in [0.25, 0.3) is 5.65 Å². The summed E-state index contributed by atoms with van der Waals surface area (Å²) in [7, 11) is 0. The lowest BCUT2D eigenvalue weighted by Gasteiger charge is -1.88. The Kier molecular flexibility index (Phi) is 1.38. The van der Waals surface area contributed by atoms with Crippen molar-refractivity contribution in [3.05, 3.63) is 28.3 Å². The maximum atomic E-state index is 10.8. The smallest absolute Gasteiger partial charge is 0.360 e. The number of hydrogen-bond acceptors (Lipinski definition) is 4. The fourth-order valence-electron chi connectivity index (χ4n) is 0.949. The van der Waals surface area contributed by atoms with Gasteiger partial charge in [0.2, 0.25) is 5.69 Å². The third-order valence-electron chi connectivity index (χ3n) is 1.49. The normalized spacial score (nSPS) is 10.5. The lowest BCUT2D eigenvalue weighted by Crippen LogP contribution is -2.08. The van der Waals surface area contributed by atoms with E-state index in [4.69, 9.17) is 5.11 Å². The highest BCUT2D eigenvalue weighted by Crippen LogP contribution is 2.00. The zero-order valence-electron chi connectivity index (χ0n) is 6.26. The minimum Gasteiger partial charge on any atom is -0.476 e. The van der Waals surface area contributed by atoms with Crippen LogP contribution in [0.15, 0.2) is 17.1 Å². The Hall–Kier alpha value is -2.18. The number of aromatic carboxylic acids is 1. The molecule has 0 unspecified atom stereocenters. The van der Waals surface area contributed by atoms with Crippen LogP contribution in [0.4, 0.5) is 0 Å². The minimum atomic E-state index is -1.23. The van der Waals surface area contributed by atoms with Gasteiger partial charge >= 0.3 is 5.97 Å². The second-order valence-corrected chi connectivity index (χ2v) is 2.32. The summed E-state index contributed by atoms with van der Waals surface area (Å²) in [5.41, 5.74) is -0.749. The van der Waals surface area contributed by atoms with E-state index in [0.717, 1.165) is 0 Å². The van der Waals surface area contributed by atoms with Crippen LogP contribution in [0.3, 0.4) is 0 Å². The van der Waals surface area contributed by atoms with Gasteiger partial charge in [0, 0.05) is 12.3 Å². The maximum absolute atomic E-state index is 10.8. The van der Waals surface area contributed by atoms with E-state index in [1.54, 1.807) is 0 Å². The Morgan fingerprint density at radius 3 is 3.08 bits per heavy atom. The average molecular weight is 180 g/mol. The SMILES string of the molecule is O=C(O)c1n[nH]n2ccc(=O)nc12. The summed E-state index contributed by atoms with van der Waals surface area (Å²) in [5, 5.41) is 14.5. The fourth-order valence-corrected chi connectivity index (χ4v) is 0.949. The summed E-state index contributed by atoms with van der Waals surface area (Å²) < 4.78 is 1.25. The van der Waals surface area contributed by atoms with Crippen molar-refractivity contribution >= 4 is 11.6 Å². The lowest BCUT2D eigenvalue weighted by molar-refractivity contribution is 0.0692. The molecule has 7 heteroatoms. The van der Waals surface area contributed by atoms with Gasteiger partial charge in [0.25, 0.3) is 5.56 Å². The molecule has 0 saturated heterocycles. The molecule has 0 aliphatic carbocycles. The van der Waals surface area contributed by atoms with Crippen molar-refractivity contribution in [1.82, 2.24) is 19.8 Å². The van der Waals surface area contributed by atoms with E-state index in [2.05, 4.69) is 15.3 Å². The number of carbonyl (C=O) groups is 1. The largest absolute Gasteiger partial charge is 0.476 e. The molecule has 2 N–H and O–H groups in total. The number of rotatable bonds is 1. The molecule has 0 radical (unpaired) electrons. The summed E-state index contributed by atoms with van der Waals surface area (Å²) in [6.45, 7) is 0. The number of aromatic amines is 1. The van der Waals surface area contributed by atoms with Gasteiger partial charge in [-0.25, -0.2) is 14.5 Å². The molecule has 2 rings (SSSR count). The van der Waals surface area contributed by atoms with E-state index in [1.807, 2.05) is 0 Å². The number of H-pyrrole nitrogens is 1. The molecular weight excluding hydrogens is 176 g/mol. The molecule has 2 aromatic heterocycles. The first-order valence-corrected chi connectivity index (χ1v) is 3.35. The van der Waals surface area contributed by atoms with Gasteiger partial charge in [-0.05, 0) is 0 Å². The highest BCUT2D eigenvalue weighted by atomic mass is 16.4. The molecule has 0 amide bonds. The third-order valence-corrected chi connectivity index (χ3v) is 1.49. The molecule has 0 spiro atoms. The van der Waals surface area contributed by atoms with Gasteiger partial charge in [0.15, 0.2) is 5.65 Å². The molecule has 2 heterocycles. The molecule has 0 saturated carbocycles. The molecule has 0 fully saturated rings. The molecule has 0 aromatic carbocycles. The van der Waals surface area contributed by atoms with Gasteiger partial charge in [0.05, 0.1) is 0 Å². The van der Waals surface area contributed by atoms with Gasteiger partial charge in [-0.2, -0.15) is 4.98 Å². The molecule has 0 bridgehead atoms. The van der Waals surface area contributed by atoms with E-state index in [1.165, 1.54) is 16.8 Å². The molecule has 66 valence electrons. The molecule has 0 aliphatic heterocycles. The second kappa shape index (κ2) is 2.41. The minimum absolute atomic E-state index is 0.0139. The first kappa shape index (κ1) is 7.47. The first-order chi connectivity index (χ1) is 6.18. The highest BCUT2D eigenvalue weighted by molar-refractivity contribution is 5.91. The number of hydrogen-bond donors (Lipinski definition) is 2. The summed E-state index contributed by atoms with van der Waals surface area (Å²) in [6.07, 6.45) is 1.37. The van der Waals surface area contributed by atoms with Crippen LogP contribution in [0, 0.1) is 0 Å². The van der Waals surface area contributed by atoms with Crippen LogP contribution in [-0.2, 0) is 0 Å². The quantitative estimate of drug-likeness (QED) is 0.593.